The van der Waals surface area contributed by atoms with E-state index < -0.39 is 0 Å². The van der Waals surface area contributed by atoms with Crippen molar-refractivity contribution < 1.29 is 28.1 Å². The molecule has 1 heterocycles. The summed E-state index contributed by atoms with van der Waals surface area (Å²) in [4.78, 5) is 4.96. The summed E-state index contributed by atoms with van der Waals surface area (Å²) in [7, 11) is 8.14. The fraction of sp³-hybridized carbons (Fsp3) is 0.429. The first-order chi connectivity index (χ1) is 20.8. The molecule has 1 atom stereocenters. The molecule has 0 bridgehead atoms. The molecule has 0 unspecified atom stereocenters. The van der Waals surface area contributed by atoms with Crippen LogP contribution >= 0.6 is 0 Å². The first-order valence-electron chi connectivity index (χ1n) is 14.8. The van der Waals surface area contributed by atoms with Crippen molar-refractivity contribution >= 4 is 5.57 Å². The summed E-state index contributed by atoms with van der Waals surface area (Å²) in [6.45, 7) is 8.98. The van der Waals surface area contributed by atoms with Crippen molar-refractivity contribution in [2.45, 2.75) is 32.7 Å². The van der Waals surface area contributed by atoms with Crippen molar-refractivity contribution in [1.29, 1.82) is 0 Å². The monoisotopic (exact) mass is 592 g/mol. The number of ether oxygens (including phenoxy) is 5. The Labute approximate surface area is 255 Å². The summed E-state index contributed by atoms with van der Waals surface area (Å²) >= 11 is 0. The minimum Gasteiger partial charge on any atom is -0.493 e. The Morgan fingerprint density at radius 3 is 1.88 bits per heavy atom. The second-order valence-electron chi connectivity index (χ2n) is 10.8. The van der Waals surface area contributed by atoms with Gasteiger partial charge in [0, 0.05) is 25.7 Å². The van der Waals surface area contributed by atoms with E-state index in [1.165, 1.54) is 25.0 Å². The molecule has 7 nitrogen and oxygen atoms in total. The van der Waals surface area contributed by atoms with Crippen LogP contribution in [0.2, 0.25) is 0 Å². The van der Waals surface area contributed by atoms with Gasteiger partial charge in [0.2, 0.25) is 5.75 Å². The van der Waals surface area contributed by atoms with Gasteiger partial charge in [-0.05, 0) is 104 Å². The highest BCUT2D eigenvalue weighted by atomic mass is 19.1. The van der Waals surface area contributed by atoms with E-state index in [-0.39, 0.29) is 11.9 Å². The first kappa shape index (κ1) is 32.2. The molecule has 0 radical (unpaired) electrons. The molecule has 3 aromatic carbocycles. The zero-order valence-electron chi connectivity index (χ0n) is 26.5. The lowest BCUT2D eigenvalue weighted by Crippen LogP contribution is -2.35. The van der Waals surface area contributed by atoms with Gasteiger partial charge in [0.25, 0.3) is 0 Å². The molecule has 0 amide bonds. The smallest absolute Gasteiger partial charge is 0.203 e. The molecule has 0 aliphatic carbocycles. The maximum atomic E-state index is 13.8. The van der Waals surface area contributed by atoms with Crippen LogP contribution in [0.1, 0.15) is 48.1 Å². The molecule has 1 saturated heterocycles. The van der Waals surface area contributed by atoms with Gasteiger partial charge in [-0.25, -0.2) is 4.39 Å². The van der Waals surface area contributed by atoms with Crippen molar-refractivity contribution in [1.82, 2.24) is 9.80 Å². The first-order valence-corrected chi connectivity index (χ1v) is 14.8. The van der Waals surface area contributed by atoms with Gasteiger partial charge < -0.3 is 28.6 Å². The van der Waals surface area contributed by atoms with Crippen molar-refractivity contribution in [2.24, 2.45) is 0 Å². The molecule has 0 saturated carbocycles. The lowest BCUT2D eigenvalue weighted by Gasteiger charge is -2.31. The zero-order valence-corrected chi connectivity index (χ0v) is 26.5. The minimum atomic E-state index is -0.229. The molecule has 232 valence electrons. The summed E-state index contributed by atoms with van der Waals surface area (Å²) in [5.41, 5.74) is 4.91. The average molecular weight is 593 g/mol. The summed E-state index contributed by atoms with van der Waals surface area (Å²) in [5, 5.41) is 0. The van der Waals surface area contributed by atoms with Crippen LogP contribution in [0, 0.1) is 12.7 Å². The zero-order chi connectivity index (χ0) is 30.9. The number of rotatable bonds is 14. The van der Waals surface area contributed by atoms with E-state index in [0.29, 0.717) is 35.3 Å². The molecule has 4 rings (SSSR count). The molecule has 43 heavy (non-hydrogen) atoms. The van der Waals surface area contributed by atoms with Crippen LogP contribution in [-0.2, 0) is 0 Å². The summed E-state index contributed by atoms with van der Waals surface area (Å²) in [6, 6.07) is 15.0. The Hall–Kier alpha value is -3.75. The molecule has 0 aromatic heterocycles. The normalized spacial score (nSPS) is 14.6. The molecule has 1 aliphatic rings. The molecule has 1 fully saturated rings. The van der Waals surface area contributed by atoms with Crippen LogP contribution in [0.5, 0.6) is 28.7 Å². The summed E-state index contributed by atoms with van der Waals surface area (Å²) in [6.07, 6.45) is 4.74. The molecule has 0 spiro atoms. The molecule has 3 aromatic rings. The molecule has 1 aliphatic heterocycles. The third-order valence-electron chi connectivity index (χ3n) is 8.28. The van der Waals surface area contributed by atoms with Gasteiger partial charge in [-0.1, -0.05) is 18.2 Å². The second kappa shape index (κ2) is 15.1. The Morgan fingerprint density at radius 1 is 0.814 bits per heavy atom. The maximum absolute atomic E-state index is 13.8. The van der Waals surface area contributed by atoms with Crippen LogP contribution in [0.3, 0.4) is 0 Å². The van der Waals surface area contributed by atoms with E-state index >= 15 is 0 Å². The highest BCUT2D eigenvalue weighted by Gasteiger charge is 2.21. The van der Waals surface area contributed by atoms with E-state index in [9.17, 15) is 4.39 Å². The number of halogens is 1. The Kier molecular flexibility index (Phi) is 11.3. The highest BCUT2D eigenvalue weighted by Crippen LogP contribution is 2.43. The van der Waals surface area contributed by atoms with Gasteiger partial charge in [-0.2, -0.15) is 0 Å². The molecular weight excluding hydrogens is 547 g/mol. The topological polar surface area (TPSA) is 52.6 Å². The number of aryl methyl sites for hydroxylation is 1. The molecular formula is C35H45FN2O5. The van der Waals surface area contributed by atoms with E-state index in [0.717, 1.165) is 54.0 Å². The number of hydrogen-bond donors (Lipinski definition) is 0. The maximum Gasteiger partial charge on any atom is 0.203 e. The van der Waals surface area contributed by atoms with Crippen molar-refractivity contribution in [3.05, 3.63) is 82.7 Å². The van der Waals surface area contributed by atoms with Crippen LogP contribution in [0.15, 0.2) is 54.6 Å². The third kappa shape index (κ3) is 7.61. The van der Waals surface area contributed by atoms with Crippen LogP contribution in [0.25, 0.3) is 5.57 Å². The van der Waals surface area contributed by atoms with Crippen molar-refractivity contribution in [3.63, 3.8) is 0 Å². The van der Waals surface area contributed by atoms with Gasteiger partial charge in [0.1, 0.15) is 5.82 Å². The quantitative estimate of drug-likeness (QED) is 0.205. The number of benzene rings is 3. The van der Waals surface area contributed by atoms with Gasteiger partial charge >= 0.3 is 0 Å². The van der Waals surface area contributed by atoms with Gasteiger partial charge in [0.15, 0.2) is 23.0 Å². The predicted molar refractivity (Wildman–Crippen MR) is 170 cm³/mol. The van der Waals surface area contributed by atoms with E-state index in [2.05, 4.69) is 28.9 Å². The van der Waals surface area contributed by atoms with E-state index in [1.807, 2.05) is 37.3 Å². The van der Waals surface area contributed by atoms with Gasteiger partial charge in [-0.3, -0.25) is 4.90 Å². The third-order valence-corrected chi connectivity index (χ3v) is 8.28. The second-order valence-corrected chi connectivity index (χ2v) is 10.8. The number of nitrogens with zero attached hydrogens (tertiary/aromatic N) is 2. The predicted octanol–water partition coefficient (Wildman–Crippen LogP) is 6.77. The van der Waals surface area contributed by atoms with Gasteiger partial charge in [-0.15, -0.1) is 0 Å². The lowest BCUT2D eigenvalue weighted by molar-refractivity contribution is 0.197. The number of hydrogen-bond acceptors (Lipinski definition) is 7. The van der Waals surface area contributed by atoms with E-state index in [4.69, 9.17) is 23.7 Å². The van der Waals surface area contributed by atoms with Crippen molar-refractivity contribution in [2.75, 3.05) is 68.3 Å². The molecule has 8 heteroatoms. The van der Waals surface area contributed by atoms with Crippen LogP contribution in [-0.4, -0.2) is 78.1 Å². The lowest BCUT2D eigenvalue weighted by atomic mass is 9.94. The van der Waals surface area contributed by atoms with Gasteiger partial charge in [0.05, 0.1) is 35.5 Å². The Morgan fingerprint density at radius 2 is 1.35 bits per heavy atom. The standard InChI is InChI=1S/C35H45FN2O5/c1-24-20-27(21-31(39-3)34(24)42-6)30(28-22-32(40-4)35(43-7)33(23-28)41-5)14-17-38(19-18-37-15-8-9-16-37)25(2)26-10-12-29(36)13-11-26/h10-14,20-23,25H,8-9,15-19H2,1-7H3/b30-14+/t25-/m1/s1. The minimum absolute atomic E-state index is 0.0767. The Bertz CT molecular complexity index is 1360. The summed E-state index contributed by atoms with van der Waals surface area (Å²) in [5.74, 6) is 2.81. The fourth-order valence-electron chi connectivity index (χ4n) is 5.83. The number of likely N-dealkylation sites (tertiary alicyclic amines) is 1. The highest BCUT2D eigenvalue weighted by molar-refractivity contribution is 5.83. The fourth-order valence-corrected chi connectivity index (χ4v) is 5.83. The Balaban J connectivity index is 1.81. The van der Waals surface area contributed by atoms with Crippen LogP contribution < -0.4 is 23.7 Å². The summed E-state index contributed by atoms with van der Waals surface area (Å²) < 4.78 is 42.2. The average Bonchev–Trinajstić information content (AvgIpc) is 3.55. The van der Waals surface area contributed by atoms with Crippen LogP contribution in [0.4, 0.5) is 4.39 Å². The number of methoxy groups -OCH3 is 5. The van der Waals surface area contributed by atoms with Crippen molar-refractivity contribution in [3.8, 4) is 28.7 Å². The van der Waals surface area contributed by atoms with E-state index in [1.54, 1.807) is 35.5 Å². The SMILES string of the molecule is COc1cc(/C(=C\CN(CCN2CCCC2)[C@H](C)c2ccc(F)cc2)c2cc(OC)c(OC)c(OC)c2)cc(C)c1OC. The largest absolute Gasteiger partial charge is 0.493 e. The molecule has 0 N–H and O–H groups in total.